The second-order valence-electron chi connectivity index (χ2n) is 5.89. The summed E-state index contributed by atoms with van der Waals surface area (Å²) in [6.07, 6.45) is 8.54. The van der Waals surface area contributed by atoms with E-state index in [9.17, 15) is 0 Å². The van der Waals surface area contributed by atoms with E-state index in [0.29, 0.717) is 0 Å². The second-order valence-corrected chi connectivity index (χ2v) is 5.89. The van der Waals surface area contributed by atoms with Crippen LogP contribution >= 0.6 is 0 Å². The molecule has 0 unspecified atom stereocenters. The average Bonchev–Trinajstić information content (AvgIpc) is 3.31. The fraction of sp³-hybridized carbons (Fsp3) is 0.688. The molecule has 1 saturated carbocycles. The van der Waals surface area contributed by atoms with Crippen molar-refractivity contribution >= 4 is 0 Å². The summed E-state index contributed by atoms with van der Waals surface area (Å²) in [6.45, 7) is 5.14. The number of ether oxygens (including phenoxy) is 1. The lowest BCUT2D eigenvalue weighted by atomic mass is 10.1. The molecular weight excluding hydrogens is 250 g/mol. The first-order valence-electron chi connectivity index (χ1n) is 7.93. The van der Waals surface area contributed by atoms with Crippen LogP contribution < -0.4 is 10.1 Å². The van der Waals surface area contributed by atoms with Gasteiger partial charge in [-0.05, 0) is 44.8 Å². The van der Waals surface area contributed by atoms with E-state index in [1.54, 1.807) is 0 Å². The lowest BCUT2D eigenvalue weighted by Gasteiger charge is -2.26. The number of nitrogens with zero attached hydrogens (tertiary/aromatic N) is 2. The highest BCUT2D eigenvalue weighted by Gasteiger charge is 2.20. The predicted molar refractivity (Wildman–Crippen MR) is 79.9 cm³/mol. The molecule has 3 rings (SSSR count). The van der Waals surface area contributed by atoms with Gasteiger partial charge in [0.15, 0.2) is 0 Å². The van der Waals surface area contributed by atoms with E-state index in [1.165, 1.54) is 45.2 Å². The van der Waals surface area contributed by atoms with Crippen molar-refractivity contribution in [1.29, 1.82) is 0 Å². The summed E-state index contributed by atoms with van der Waals surface area (Å²) in [5.74, 6) is 0.949. The SMILES string of the molecule is c1cc(OCCN2CCCCC2)cc(CNC2CC2)n1. The highest BCUT2D eigenvalue weighted by Crippen LogP contribution is 2.19. The molecule has 0 radical (unpaired) electrons. The Bertz CT molecular complexity index is 414. The van der Waals surface area contributed by atoms with Crippen molar-refractivity contribution < 1.29 is 4.74 Å². The Hall–Kier alpha value is -1.13. The normalized spacial score (nSPS) is 20.0. The molecule has 1 aromatic heterocycles. The molecule has 2 fully saturated rings. The molecule has 0 atom stereocenters. The molecule has 2 aliphatic rings. The van der Waals surface area contributed by atoms with E-state index >= 15 is 0 Å². The van der Waals surface area contributed by atoms with E-state index in [0.717, 1.165) is 37.2 Å². The van der Waals surface area contributed by atoms with Crippen molar-refractivity contribution in [3.63, 3.8) is 0 Å². The van der Waals surface area contributed by atoms with Crippen molar-refractivity contribution in [2.45, 2.75) is 44.7 Å². The predicted octanol–water partition coefficient (Wildman–Crippen LogP) is 2.20. The zero-order valence-corrected chi connectivity index (χ0v) is 12.2. The molecule has 1 aromatic rings. The molecule has 4 nitrogen and oxygen atoms in total. The number of pyridine rings is 1. The first-order valence-corrected chi connectivity index (χ1v) is 7.93. The molecule has 20 heavy (non-hydrogen) atoms. The standard InChI is InChI=1S/C16H25N3O/c1-2-8-19(9-3-1)10-11-20-16-6-7-17-15(12-16)13-18-14-4-5-14/h6-7,12,14,18H,1-5,8-11,13H2. The minimum Gasteiger partial charge on any atom is -0.492 e. The Morgan fingerprint density at radius 1 is 1.25 bits per heavy atom. The molecule has 2 heterocycles. The summed E-state index contributed by atoms with van der Waals surface area (Å²) in [5, 5.41) is 3.48. The summed E-state index contributed by atoms with van der Waals surface area (Å²) in [6, 6.07) is 4.74. The highest BCUT2D eigenvalue weighted by atomic mass is 16.5. The zero-order chi connectivity index (χ0) is 13.6. The molecule has 1 aliphatic carbocycles. The van der Waals surface area contributed by atoms with Gasteiger partial charge in [0.1, 0.15) is 12.4 Å². The molecule has 0 bridgehead atoms. The van der Waals surface area contributed by atoms with Crippen LogP contribution in [0.1, 0.15) is 37.8 Å². The topological polar surface area (TPSA) is 37.4 Å². The van der Waals surface area contributed by atoms with Crippen LogP contribution in [0, 0.1) is 0 Å². The minimum absolute atomic E-state index is 0.723. The Morgan fingerprint density at radius 3 is 2.90 bits per heavy atom. The number of hydrogen-bond donors (Lipinski definition) is 1. The zero-order valence-electron chi connectivity index (χ0n) is 12.2. The number of piperidine rings is 1. The molecule has 1 aliphatic heterocycles. The van der Waals surface area contributed by atoms with Crippen molar-refractivity contribution in [2.24, 2.45) is 0 Å². The average molecular weight is 275 g/mol. The van der Waals surface area contributed by atoms with Gasteiger partial charge in [0.2, 0.25) is 0 Å². The van der Waals surface area contributed by atoms with Crippen LogP contribution in [0.5, 0.6) is 5.75 Å². The Kier molecular flexibility index (Phi) is 4.87. The summed E-state index contributed by atoms with van der Waals surface area (Å²) in [4.78, 5) is 6.88. The van der Waals surface area contributed by atoms with E-state index in [-0.39, 0.29) is 0 Å². The lowest BCUT2D eigenvalue weighted by molar-refractivity contribution is 0.183. The van der Waals surface area contributed by atoms with Gasteiger partial charge in [-0.3, -0.25) is 9.88 Å². The quantitative estimate of drug-likeness (QED) is 0.828. The number of rotatable bonds is 7. The largest absolute Gasteiger partial charge is 0.492 e. The first kappa shape index (κ1) is 13.8. The maximum Gasteiger partial charge on any atom is 0.122 e. The van der Waals surface area contributed by atoms with Gasteiger partial charge in [-0.2, -0.15) is 0 Å². The van der Waals surface area contributed by atoms with Gasteiger partial charge < -0.3 is 10.1 Å². The van der Waals surface area contributed by atoms with Crippen molar-refractivity contribution in [3.05, 3.63) is 24.0 Å². The van der Waals surface area contributed by atoms with E-state index in [4.69, 9.17) is 4.74 Å². The van der Waals surface area contributed by atoms with Crippen LogP contribution in [0.4, 0.5) is 0 Å². The number of nitrogens with one attached hydrogen (secondary N) is 1. The molecule has 1 N–H and O–H groups in total. The van der Waals surface area contributed by atoms with Gasteiger partial charge in [0.25, 0.3) is 0 Å². The molecule has 1 saturated heterocycles. The maximum absolute atomic E-state index is 5.86. The minimum atomic E-state index is 0.723. The van der Waals surface area contributed by atoms with Crippen LogP contribution in [0.3, 0.4) is 0 Å². The summed E-state index contributed by atoms with van der Waals surface area (Å²) < 4.78 is 5.86. The van der Waals surface area contributed by atoms with Crippen molar-refractivity contribution in [2.75, 3.05) is 26.2 Å². The van der Waals surface area contributed by atoms with E-state index < -0.39 is 0 Å². The molecule has 0 amide bonds. The fourth-order valence-corrected chi connectivity index (χ4v) is 2.65. The van der Waals surface area contributed by atoms with Crippen LogP contribution in [-0.2, 0) is 6.54 Å². The van der Waals surface area contributed by atoms with Crippen LogP contribution in [-0.4, -0.2) is 42.2 Å². The third-order valence-corrected chi connectivity index (χ3v) is 4.06. The molecule has 4 heteroatoms. The molecular formula is C16H25N3O. The third-order valence-electron chi connectivity index (χ3n) is 4.06. The van der Waals surface area contributed by atoms with Gasteiger partial charge in [-0.1, -0.05) is 6.42 Å². The Morgan fingerprint density at radius 2 is 2.10 bits per heavy atom. The molecule has 0 aromatic carbocycles. The summed E-state index contributed by atoms with van der Waals surface area (Å²) in [7, 11) is 0. The fourth-order valence-electron chi connectivity index (χ4n) is 2.65. The van der Waals surface area contributed by atoms with Gasteiger partial charge in [-0.25, -0.2) is 0 Å². The monoisotopic (exact) mass is 275 g/mol. The second kappa shape index (κ2) is 7.04. The van der Waals surface area contributed by atoms with Crippen LogP contribution in [0.2, 0.25) is 0 Å². The van der Waals surface area contributed by atoms with Crippen molar-refractivity contribution in [1.82, 2.24) is 15.2 Å². The Balaban J connectivity index is 1.40. The summed E-state index contributed by atoms with van der Waals surface area (Å²) >= 11 is 0. The van der Waals surface area contributed by atoms with Gasteiger partial charge in [0, 0.05) is 31.4 Å². The summed E-state index contributed by atoms with van der Waals surface area (Å²) in [5.41, 5.74) is 1.08. The first-order chi connectivity index (χ1) is 9.90. The Labute approximate surface area is 121 Å². The third kappa shape index (κ3) is 4.46. The molecule has 0 spiro atoms. The number of aromatic nitrogens is 1. The van der Waals surface area contributed by atoms with E-state index in [1.807, 2.05) is 12.3 Å². The van der Waals surface area contributed by atoms with E-state index in [2.05, 4.69) is 21.3 Å². The highest BCUT2D eigenvalue weighted by molar-refractivity contribution is 5.22. The lowest BCUT2D eigenvalue weighted by Crippen LogP contribution is -2.33. The van der Waals surface area contributed by atoms with Gasteiger partial charge in [-0.15, -0.1) is 0 Å². The number of likely N-dealkylation sites (tertiary alicyclic amines) is 1. The van der Waals surface area contributed by atoms with Crippen LogP contribution in [0.25, 0.3) is 0 Å². The van der Waals surface area contributed by atoms with Crippen LogP contribution in [0.15, 0.2) is 18.3 Å². The number of hydrogen-bond acceptors (Lipinski definition) is 4. The van der Waals surface area contributed by atoms with Gasteiger partial charge >= 0.3 is 0 Å². The van der Waals surface area contributed by atoms with Gasteiger partial charge in [0.05, 0.1) is 5.69 Å². The smallest absolute Gasteiger partial charge is 0.122 e. The van der Waals surface area contributed by atoms with Crippen molar-refractivity contribution in [3.8, 4) is 5.75 Å². The maximum atomic E-state index is 5.86. The molecule has 110 valence electrons.